The van der Waals surface area contributed by atoms with E-state index in [4.69, 9.17) is 5.73 Å². The molecular weight excluding hydrogens is 258 g/mol. The largest absolute Gasteiger partial charge is 0.371 e. The van der Waals surface area contributed by atoms with Crippen LogP contribution in [-0.4, -0.2) is 26.2 Å². The Morgan fingerprint density at radius 3 is 2.33 bits per heavy atom. The second kappa shape index (κ2) is 5.78. The molecule has 1 atom stereocenters. The fraction of sp³-hybridized carbons (Fsp3) is 0.333. The van der Waals surface area contributed by atoms with Gasteiger partial charge in [-0.15, -0.1) is 0 Å². The Bertz CT molecular complexity index is 604. The molecule has 1 aliphatic rings. The van der Waals surface area contributed by atoms with Crippen molar-refractivity contribution in [3.8, 4) is 0 Å². The van der Waals surface area contributed by atoms with Crippen molar-refractivity contribution in [2.75, 3.05) is 29.9 Å². The molecule has 0 aliphatic carbocycles. The fourth-order valence-electron chi connectivity index (χ4n) is 2.96. The van der Waals surface area contributed by atoms with Crippen LogP contribution in [0.25, 0.3) is 0 Å². The van der Waals surface area contributed by atoms with Crippen LogP contribution < -0.4 is 15.5 Å². The molecule has 3 rings (SSSR count). The highest BCUT2D eigenvalue weighted by atomic mass is 15.3. The Morgan fingerprint density at radius 2 is 1.67 bits per heavy atom. The van der Waals surface area contributed by atoms with Crippen LogP contribution in [0.1, 0.15) is 12.5 Å². The molecule has 0 aromatic heterocycles. The molecule has 0 spiro atoms. The normalized spacial score (nSPS) is 15.8. The second-order valence-corrected chi connectivity index (χ2v) is 5.91. The van der Waals surface area contributed by atoms with Gasteiger partial charge in [-0.1, -0.05) is 24.3 Å². The van der Waals surface area contributed by atoms with Crippen LogP contribution in [0.2, 0.25) is 0 Å². The third-order valence-electron chi connectivity index (χ3n) is 4.05. The van der Waals surface area contributed by atoms with Gasteiger partial charge in [-0.2, -0.15) is 0 Å². The highest BCUT2D eigenvalue weighted by molar-refractivity contribution is 5.79. The van der Waals surface area contributed by atoms with Gasteiger partial charge >= 0.3 is 0 Å². The summed E-state index contributed by atoms with van der Waals surface area (Å²) >= 11 is 0. The van der Waals surface area contributed by atoms with Gasteiger partial charge in [0.25, 0.3) is 0 Å². The third kappa shape index (κ3) is 2.88. The second-order valence-electron chi connectivity index (χ2n) is 5.91. The summed E-state index contributed by atoms with van der Waals surface area (Å²) in [6, 6.07) is 17.6. The molecular formula is C18H23N3. The number of nitrogens with zero attached hydrogens (tertiary/aromatic N) is 2. The van der Waals surface area contributed by atoms with Gasteiger partial charge in [0, 0.05) is 31.9 Å². The maximum absolute atomic E-state index is 5.87. The predicted octanol–water partition coefficient (Wildman–Crippen LogP) is 3.16. The van der Waals surface area contributed by atoms with E-state index in [1.165, 1.54) is 22.6 Å². The lowest BCUT2D eigenvalue weighted by Gasteiger charge is -2.37. The van der Waals surface area contributed by atoms with E-state index in [2.05, 4.69) is 65.4 Å². The summed E-state index contributed by atoms with van der Waals surface area (Å²) in [5, 5.41) is 0. The van der Waals surface area contributed by atoms with Crippen molar-refractivity contribution in [3.63, 3.8) is 0 Å². The zero-order valence-electron chi connectivity index (χ0n) is 12.8. The Morgan fingerprint density at radius 1 is 1.00 bits per heavy atom. The number of hydrogen-bond acceptors (Lipinski definition) is 3. The SMILES string of the molecule is CC(N)Cc1ccc(N2CCN(C)c3ccccc32)cc1. The van der Waals surface area contributed by atoms with Gasteiger partial charge in [-0.3, -0.25) is 0 Å². The zero-order chi connectivity index (χ0) is 14.8. The molecule has 3 heteroatoms. The smallest absolute Gasteiger partial charge is 0.0649 e. The van der Waals surface area contributed by atoms with Gasteiger partial charge in [-0.25, -0.2) is 0 Å². The first-order valence-corrected chi connectivity index (χ1v) is 7.57. The Kier molecular flexibility index (Phi) is 3.84. The van der Waals surface area contributed by atoms with Crippen molar-refractivity contribution in [3.05, 3.63) is 54.1 Å². The number of anilines is 3. The van der Waals surface area contributed by atoms with Crippen molar-refractivity contribution in [2.45, 2.75) is 19.4 Å². The predicted molar refractivity (Wildman–Crippen MR) is 90.5 cm³/mol. The molecule has 1 aliphatic heterocycles. The Balaban J connectivity index is 1.89. The van der Waals surface area contributed by atoms with Crippen LogP contribution in [0.4, 0.5) is 17.1 Å². The lowest BCUT2D eigenvalue weighted by Crippen LogP contribution is -2.36. The van der Waals surface area contributed by atoms with Crippen molar-refractivity contribution >= 4 is 17.1 Å². The van der Waals surface area contributed by atoms with Gasteiger partial charge in [0.1, 0.15) is 0 Å². The summed E-state index contributed by atoms with van der Waals surface area (Å²) in [5.41, 5.74) is 11.0. The molecule has 2 aromatic carbocycles. The zero-order valence-corrected chi connectivity index (χ0v) is 12.8. The fourth-order valence-corrected chi connectivity index (χ4v) is 2.96. The van der Waals surface area contributed by atoms with Crippen LogP contribution in [0.5, 0.6) is 0 Å². The van der Waals surface area contributed by atoms with E-state index in [1.54, 1.807) is 0 Å². The first kappa shape index (κ1) is 14.0. The number of rotatable bonds is 3. The Labute approximate surface area is 127 Å². The molecule has 0 amide bonds. The quantitative estimate of drug-likeness (QED) is 0.938. The van der Waals surface area contributed by atoms with Crippen molar-refractivity contribution in [1.82, 2.24) is 0 Å². The summed E-state index contributed by atoms with van der Waals surface area (Å²) in [6.45, 7) is 4.10. The van der Waals surface area contributed by atoms with E-state index in [1.807, 2.05) is 6.92 Å². The molecule has 2 N–H and O–H groups in total. The minimum absolute atomic E-state index is 0.209. The van der Waals surface area contributed by atoms with E-state index in [0.29, 0.717) is 0 Å². The molecule has 0 saturated carbocycles. The van der Waals surface area contributed by atoms with Gasteiger partial charge in [-0.05, 0) is 43.2 Å². The summed E-state index contributed by atoms with van der Waals surface area (Å²) in [6.07, 6.45) is 0.930. The molecule has 0 radical (unpaired) electrons. The van der Waals surface area contributed by atoms with E-state index < -0.39 is 0 Å². The van der Waals surface area contributed by atoms with Gasteiger partial charge in [0.15, 0.2) is 0 Å². The maximum Gasteiger partial charge on any atom is 0.0649 e. The molecule has 3 nitrogen and oxygen atoms in total. The Hall–Kier alpha value is -2.00. The minimum atomic E-state index is 0.209. The van der Waals surface area contributed by atoms with Crippen molar-refractivity contribution < 1.29 is 0 Å². The van der Waals surface area contributed by atoms with E-state index in [9.17, 15) is 0 Å². The summed E-state index contributed by atoms with van der Waals surface area (Å²) in [5.74, 6) is 0. The first-order chi connectivity index (χ1) is 10.1. The van der Waals surface area contributed by atoms with Crippen LogP contribution in [0.3, 0.4) is 0 Å². The van der Waals surface area contributed by atoms with E-state index >= 15 is 0 Å². The number of benzene rings is 2. The van der Waals surface area contributed by atoms with Gasteiger partial charge in [0.2, 0.25) is 0 Å². The highest BCUT2D eigenvalue weighted by Gasteiger charge is 2.20. The number of fused-ring (bicyclic) bond motifs is 1. The summed E-state index contributed by atoms with van der Waals surface area (Å²) in [4.78, 5) is 4.71. The molecule has 0 bridgehead atoms. The summed E-state index contributed by atoms with van der Waals surface area (Å²) < 4.78 is 0. The average molecular weight is 281 g/mol. The van der Waals surface area contributed by atoms with Crippen LogP contribution >= 0.6 is 0 Å². The van der Waals surface area contributed by atoms with Crippen LogP contribution in [0, 0.1) is 0 Å². The monoisotopic (exact) mass is 281 g/mol. The molecule has 110 valence electrons. The topological polar surface area (TPSA) is 32.5 Å². The molecule has 0 saturated heterocycles. The third-order valence-corrected chi connectivity index (χ3v) is 4.05. The highest BCUT2D eigenvalue weighted by Crippen LogP contribution is 2.36. The first-order valence-electron chi connectivity index (χ1n) is 7.57. The van der Waals surface area contributed by atoms with Gasteiger partial charge < -0.3 is 15.5 Å². The number of hydrogen-bond donors (Lipinski definition) is 1. The molecule has 1 unspecified atom stereocenters. The van der Waals surface area contributed by atoms with Crippen LogP contribution in [-0.2, 0) is 6.42 Å². The van der Waals surface area contributed by atoms with Gasteiger partial charge in [0.05, 0.1) is 11.4 Å². The molecule has 1 heterocycles. The lowest BCUT2D eigenvalue weighted by molar-refractivity contribution is 0.738. The van der Waals surface area contributed by atoms with Crippen LogP contribution in [0.15, 0.2) is 48.5 Å². The standard InChI is InChI=1S/C18H23N3/c1-14(19)13-15-7-9-16(10-8-15)21-12-11-20(2)17-5-3-4-6-18(17)21/h3-10,14H,11-13,19H2,1-2H3. The van der Waals surface area contributed by atoms with Crippen molar-refractivity contribution in [2.24, 2.45) is 5.73 Å². The van der Waals surface area contributed by atoms with E-state index in [-0.39, 0.29) is 6.04 Å². The molecule has 21 heavy (non-hydrogen) atoms. The average Bonchev–Trinajstić information content (AvgIpc) is 2.48. The van der Waals surface area contributed by atoms with E-state index in [0.717, 1.165) is 19.5 Å². The molecule has 0 fully saturated rings. The number of para-hydroxylation sites is 2. The molecule has 2 aromatic rings. The maximum atomic E-state index is 5.87. The lowest BCUT2D eigenvalue weighted by atomic mass is 10.1. The number of likely N-dealkylation sites (N-methyl/N-ethyl adjacent to an activating group) is 1. The minimum Gasteiger partial charge on any atom is -0.371 e. The van der Waals surface area contributed by atoms with Crippen molar-refractivity contribution in [1.29, 1.82) is 0 Å². The summed E-state index contributed by atoms with van der Waals surface area (Å²) in [7, 11) is 2.15. The number of nitrogens with two attached hydrogens (primary N) is 1.